The first-order valence-corrected chi connectivity index (χ1v) is 8.81. The van der Waals surface area contributed by atoms with Crippen LogP contribution in [0.3, 0.4) is 0 Å². The first kappa shape index (κ1) is 16.1. The molecule has 0 bridgehead atoms. The van der Waals surface area contributed by atoms with Gasteiger partial charge in [-0.05, 0) is 62.1 Å². The minimum Gasteiger partial charge on any atom is -0.369 e. The van der Waals surface area contributed by atoms with Crippen LogP contribution < -0.4 is 4.90 Å². The third-order valence-corrected chi connectivity index (χ3v) is 5.01. The largest absolute Gasteiger partial charge is 0.369 e. The Morgan fingerprint density at radius 2 is 1.57 bits per heavy atom. The summed E-state index contributed by atoms with van der Waals surface area (Å²) in [6.45, 7) is 10.3. The summed E-state index contributed by atoms with van der Waals surface area (Å²) < 4.78 is 0. The van der Waals surface area contributed by atoms with E-state index >= 15 is 0 Å². The van der Waals surface area contributed by atoms with E-state index in [4.69, 9.17) is 0 Å². The lowest BCUT2D eigenvalue weighted by Gasteiger charge is -2.36. The third-order valence-electron chi connectivity index (χ3n) is 5.01. The van der Waals surface area contributed by atoms with Gasteiger partial charge in [0.25, 0.3) is 0 Å². The van der Waals surface area contributed by atoms with Crippen LogP contribution in [-0.2, 0) is 6.42 Å². The molecule has 0 unspecified atom stereocenters. The molecule has 3 rings (SSSR count). The molecule has 0 aliphatic carbocycles. The minimum absolute atomic E-state index is 1.15. The van der Waals surface area contributed by atoms with Crippen molar-refractivity contribution in [2.75, 3.05) is 37.6 Å². The van der Waals surface area contributed by atoms with Gasteiger partial charge >= 0.3 is 0 Å². The van der Waals surface area contributed by atoms with Crippen molar-refractivity contribution in [1.29, 1.82) is 0 Å². The zero-order valence-corrected chi connectivity index (χ0v) is 14.5. The molecule has 2 nitrogen and oxygen atoms in total. The average Bonchev–Trinajstić information content (AvgIpc) is 2.59. The van der Waals surface area contributed by atoms with Crippen molar-refractivity contribution < 1.29 is 0 Å². The Kier molecular flexibility index (Phi) is 5.35. The molecule has 1 fully saturated rings. The Morgan fingerprint density at radius 1 is 0.826 bits per heavy atom. The summed E-state index contributed by atoms with van der Waals surface area (Å²) in [5.74, 6) is 0. The van der Waals surface area contributed by atoms with Crippen LogP contribution in [0.1, 0.15) is 23.1 Å². The smallest absolute Gasteiger partial charge is 0.0369 e. The Hall–Kier alpha value is -1.80. The van der Waals surface area contributed by atoms with Crippen LogP contribution in [0.5, 0.6) is 0 Å². The summed E-state index contributed by atoms with van der Waals surface area (Å²) in [6, 6.07) is 17.7. The van der Waals surface area contributed by atoms with Gasteiger partial charge in [-0.1, -0.05) is 36.4 Å². The summed E-state index contributed by atoms with van der Waals surface area (Å²) in [5, 5.41) is 0. The van der Waals surface area contributed by atoms with Crippen LogP contribution in [-0.4, -0.2) is 37.6 Å². The van der Waals surface area contributed by atoms with Gasteiger partial charge in [0.05, 0.1) is 0 Å². The van der Waals surface area contributed by atoms with Crippen molar-refractivity contribution in [3.05, 3.63) is 65.2 Å². The quantitative estimate of drug-likeness (QED) is 0.822. The zero-order chi connectivity index (χ0) is 16.1. The Balaban J connectivity index is 1.44. The van der Waals surface area contributed by atoms with Crippen molar-refractivity contribution in [2.24, 2.45) is 0 Å². The lowest BCUT2D eigenvalue weighted by Crippen LogP contribution is -2.46. The molecule has 0 spiro atoms. The first-order valence-electron chi connectivity index (χ1n) is 8.81. The monoisotopic (exact) mass is 308 g/mol. The fraction of sp³-hybridized carbons (Fsp3) is 0.429. The SMILES string of the molecule is Cc1ccc(N2CCN(CCCc3ccccc3)CC2)cc1C. The number of rotatable bonds is 5. The average molecular weight is 308 g/mol. The van der Waals surface area contributed by atoms with Crippen LogP contribution in [0.15, 0.2) is 48.5 Å². The molecule has 2 heteroatoms. The van der Waals surface area contributed by atoms with Gasteiger partial charge in [-0.2, -0.15) is 0 Å². The van der Waals surface area contributed by atoms with Gasteiger partial charge < -0.3 is 4.90 Å². The van der Waals surface area contributed by atoms with Crippen LogP contribution in [0.4, 0.5) is 5.69 Å². The predicted octanol–water partition coefficient (Wildman–Crippen LogP) is 4.06. The van der Waals surface area contributed by atoms with Gasteiger partial charge in [-0.3, -0.25) is 4.90 Å². The molecular formula is C21H28N2. The van der Waals surface area contributed by atoms with E-state index in [1.165, 1.54) is 54.9 Å². The number of nitrogens with zero attached hydrogens (tertiary/aromatic N) is 2. The van der Waals surface area contributed by atoms with Gasteiger partial charge in [0.15, 0.2) is 0 Å². The fourth-order valence-corrected chi connectivity index (χ4v) is 3.30. The van der Waals surface area contributed by atoms with Crippen molar-refractivity contribution in [1.82, 2.24) is 4.90 Å². The standard InChI is InChI=1S/C21H28N2/c1-18-10-11-21(17-19(18)2)23-15-13-22(14-16-23)12-6-9-20-7-4-3-5-8-20/h3-5,7-8,10-11,17H,6,9,12-16H2,1-2H3. The number of benzene rings is 2. The van der Waals surface area contributed by atoms with E-state index in [1.807, 2.05) is 0 Å². The highest BCUT2D eigenvalue weighted by Gasteiger charge is 2.17. The highest BCUT2D eigenvalue weighted by molar-refractivity contribution is 5.51. The van der Waals surface area contributed by atoms with E-state index in [0.29, 0.717) is 0 Å². The first-order chi connectivity index (χ1) is 11.2. The third kappa shape index (κ3) is 4.35. The summed E-state index contributed by atoms with van der Waals surface area (Å²) in [4.78, 5) is 5.14. The Morgan fingerprint density at radius 3 is 2.26 bits per heavy atom. The second kappa shape index (κ2) is 7.65. The molecule has 1 aliphatic heterocycles. The minimum atomic E-state index is 1.15. The zero-order valence-electron chi connectivity index (χ0n) is 14.5. The lowest BCUT2D eigenvalue weighted by molar-refractivity contribution is 0.255. The topological polar surface area (TPSA) is 6.48 Å². The molecule has 0 saturated carbocycles. The molecule has 1 aliphatic rings. The number of anilines is 1. The van der Waals surface area contributed by atoms with Crippen molar-refractivity contribution >= 4 is 5.69 Å². The van der Waals surface area contributed by atoms with Crippen molar-refractivity contribution in [3.63, 3.8) is 0 Å². The van der Waals surface area contributed by atoms with Crippen molar-refractivity contribution in [2.45, 2.75) is 26.7 Å². The summed E-state index contributed by atoms with van der Waals surface area (Å²) >= 11 is 0. The number of aryl methyl sites for hydroxylation is 3. The van der Waals surface area contributed by atoms with E-state index in [1.54, 1.807) is 0 Å². The molecule has 2 aromatic rings. The molecule has 1 heterocycles. The van der Waals surface area contributed by atoms with Gasteiger partial charge in [-0.15, -0.1) is 0 Å². The summed E-state index contributed by atoms with van der Waals surface area (Å²) in [7, 11) is 0. The Labute approximate surface area is 140 Å². The van der Waals surface area contributed by atoms with Crippen LogP contribution in [0.2, 0.25) is 0 Å². The maximum absolute atomic E-state index is 2.61. The number of hydrogen-bond acceptors (Lipinski definition) is 2. The highest BCUT2D eigenvalue weighted by atomic mass is 15.3. The van der Waals surface area contributed by atoms with Crippen LogP contribution >= 0.6 is 0 Å². The van der Waals surface area contributed by atoms with Gasteiger partial charge in [0.2, 0.25) is 0 Å². The van der Waals surface area contributed by atoms with E-state index in [9.17, 15) is 0 Å². The molecule has 2 aromatic carbocycles. The molecule has 0 radical (unpaired) electrons. The van der Waals surface area contributed by atoms with E-state index in [2.05, 4.69) is 72.2 Å². The van der Waals surface area contributed by atoms with Crippen LogP contribution in [0, 0.1) is 13.8 Å². The van der Waals surface area contributed by atoms with E-state index in [-0.39, 0.29) is 0 Å². The lowest BCUT2D eigenvalue weighted by atomic mass is 10.1. The maximum atomic E-state index is 2.61. The fourth-order valence-electron chi connectivity index (χ4n) is 3.30. The molecule has 0 N–H and O–H groups in total. The second-order valence-corrected chi connectivity index (χ2v) is 6.69. The molecule has 0 atom stereocenters. The van der Waals surface area contributed by atoms with Gasteiger partial charge in [0, 0.05) is 31.9 Å². The maximum Gasteiger partial charge on any atom is 0.0369 e. The van der Waals surface area contributed by atoms with Crippen LogP contribution in [0.25, 0.3) is 0 Å². The van der Waals surface area contributed by atoms with Gasteiger partial charge in [0.1, 0.15) is 0 Å². The second-order valence-electron chi connectivity index (χ2n) is 6.69. The Bertz CT molecular complexity index is 613. The molecular weight excluding hydrogens is 280 g/mol. The van der Waals surface area contributed by atoms with E-state index < -0.39 is 0 Å². The van der Waals surface area contributed by atoms with Gasteiger partial charge in [-0.25, -0.2) is 0 Å². The highest BCUT2D eigenvalue weighted by Crippen LogP contribution is 2.20. The van der Waals surface area contributed by atoms with E-state index in [0.717, 1.165) is 13.1 Å². The normalized spacial score (nSPS) is 15.8. The summed E-state index contributed by atoms with van der Waals surface area (Å²) in [5.41, 5.74) is 5.62. The number of piperazine rings is 1. The molecule has 0 aromatic heterocycles. The van der Waals surface area contributed by atoms with Crippen molar-refractivity contribution in [3.8, 4) is 0 Å². The molecule has 0 amide bonds. The summed E-state index contributed by atoms with van der Waals surface area (Å²) in [6.07, 6.45) is 2.45. The molecule has 23 heavy (non-hydrogen) atoms. The number of hydrogen-bond donors (Lipinski definition) is 0. The molecule has 1 saturated heterocycles. The predicted molar refractivity (Wildman–Crippen MR) is 99.3 cm³/mol. The molecule has 122 valence electrons.